The van der Waals surface area contributed by atoms with Gasteiger partial charge in [-0.2, -0.15) is 0 Å². The molecular weight excluding hydrogens is 330 g/mol. The van der Waals surface area contributed by atoms with Gasteiger partial charge >= 0.3 is 14.2 Å². The van der Waals surface area contributed by atoms with E-state index in [0.717, 1.165) is 24.3 Å². The van der Waals surface area contributed by atoms with Crippen LogP contribution in [-0.4, -0.2) is 24.3 Å². The Morgan fingerprint density at radius 1 is 0.667 bits per heavy atom. The normalized spacial score (nSPS) is 15.1. The summed E-state index contributed by atoms with van der Waals surface area (Å²) in [5.41, 5.74) is 1.63. The minimum Gasteiger partial charge on any atom is -0.423 e. The monoisotopic (exact) mass is 340 g/mol. The Morgan fingerprint density at radius 3 is 1.38 bits per heavy atom. The molecule has 2 aliphatic rings. The van der Waals surface area contributed by atoms with Crippen molar-refractivity contribution in [3.05, 3.63) is 58.7 Å². The van der Waals surface area contributed by atoms with Crippen molar-refractivity contribution >= 4 is 25.2 Å². The molecule has 0 saturated carbocycles. The molecule has 2 N–H and O–H groups in total. The second-order valence-electron chi connectivity index (χ2n) is 5.26. The maximum Gasteiger partial charge on any atom is 0.491 e. The molecule has 0 amide bonds. The van der Waals surface area contributed by atoms with Gasteiger partial charge in [-0.25, -0.2) is 17.6 Å². The van der Waals surface area contributed by atoms with Crippen molar-refractivity contribution in [1.82, 2.24) is 0 Å². The number of rotatable bonds is 0. The van der Waals surface area contributed by atoms with E-state index in [1.807, 2.05) is 0 Å². The lowest BCUT2D eigenvalue weighted by atomic mass is 9.79. The van der Waals surface area contributed by atoms with Gasteiger partial charge in [0.05, 0.1) is 13.2 Å². The molecule has 0 unspecified atom stereocenters. The van der Waals surface area contributed by atoms with Crippen LogP contribution in [0.4, 0.5) is 17.6 Å². The SMILES string of the molecule is OB1OCc2cc(F)c(F)cc21.OB1OCc2cc(F)c(F)cc21. The van der Waals surface area contributed by atoms with Gasteiger partial charge in [0.15, 0.2) is 23.3 Å². The van der Waals surface area contributed by atoms with E-state index < -0.39 is 37.5 Å². The van der Waals surface area contributed by atoms with Crippen molar-refractivity contribution in [2.45, 2.75) is 13.2 Å². The first-order valence-electron chi connectivity index (χ1n) is 6.91. The summed E-state index contributed by atoms with van der Waals surface area (Å²) in [6, 6.07) is 4.01. The molecule has 10 heteroatoms. The van der Waals surface area contributed by atoms with Gasteiger partial charge in [0.2, 0.25) is 0 Å². The van der Waals surface area contributed by atoms with Gasteiger partial charge in [0.1, 0.15) is 0 Å². The van der Waals surface area contributed by atoms with Crippen LogP contribution in [0.3, 0.4) is 0 Å². The van der Waals surface area contributed by atoms with Gasteiger partial charge in [-0.15, -0.1) is 0 Å². The van der Waals surface area contributed by atoms with Crippen LogP contribution in [0.1, 0.15) is 11.1 Å². The van der Waals surface area contributed by atoms with E-state index in [-0.39, 0.29) is 13.2 Å². The molecule has 0 saturated heterocycles. The zero-order valence-electron chi connectivity index (χ0n) is 12.1. The summed E-state index contributed by atoms with van der Waals surface area (Å²) in [4.78, 5) is 0. The minimum absolute atomic E-state index is 0.133. The zero-order valence-corrected chi connectivity index (χ0v) is 12.1. The van der Waals surface area contributed by atoms with Crippen LogP contribution in [0.15, 0.2) is 24.3 Å². The van der Waals surface area contributed by atoms with E-state index in [2.05, 4.69) is 0 Å². The highest BCUT2D eigenvalue weighted by atomic mass is 19.2. The summed E-state index contributed by atoms with van der Waals surface area (Å²) in [6.07, 6.45) is 0. The molecule has 124 valence electrons. The lowest BCUT2D eigenvalue weighted by Crippen LogP contribution is -2.28. The van der Waals surface area contributed by atoms with Crippen molar-refractivity contribution in [3.63, 3.8) is 0 Å². The average Bonchev–Trinajstić information content (AvgIpc) is 3.06. The van der Waals surface area contributed by atoms with E-state index >= 15 is 0 Å². The lowest BCUT2D eigenvalue weighted by Gasteiger charge is -1.98. The van der Waals surface area contributed by atoms with Gasteiger partial charge < -0.3 is 19.4 Å². The number of hydrogen-bond acceptors (Lipinski definition) is 4. The summed E-state index contributed by atoms with van der Waals surface area (Å²) in [5.74, 6) is -3.74. The smallest absolute Gasteiger partial charge is 0.423 e. The molecule has 2 heterocycles. The molecule has 2 aliphatic heterocycles. The molecule has 0 spiro atoms. The average molecular weight is 340 g/mol. The second kappa shape index (κ2) is 6.56. The van der Waals surface area contributed by atoms with Gasteiger partial charge in [0.25, 0.3) is 0 Å². The molecule has 0 atom stereocenters. The van der Waals surface area contributed by atoms with Crippen LogP contribution >= 0.6 is 0 Å². The Bertz CT molecular complexity index is 724. The van der Waals surface area contributed by atoms with Gasteiger partial charge in [-0.05, 0) is 46.3 Å². The summed E-state index contributed by atoms with van der Waals surface area (Å²) < 4.78 is 59.9. The number of halogens is 4. The fourth-order valence-corrected chi connectivity index (χ4v) is 2.43. The molecule has 0 aromatic heterocycles. The van der Waals surface area contributed by atoms with Crippen LogP contribution < -0.4 is 10.9 Å². The van der Waals surface area contributed by atoms with Crippen molar-refractivity contribution < 1.29 is 36.9 Å². The predicted octanol–water partition coefficient (Wildman–Crippen LogP) is 0.365. The summed E-state index contributed by atoms with van der Waals surface area (Å²) >= 11 is 0. The molecule has 0 radical (unpaired) electrons. The third-order valence-electron chi connectivity index (χ3n) is 3.69. The largest absolute Gasteiger partial charge is 0.491 e. The Hall–Kier alpha value is -1.87. The minimum atomic E-state index is -1.12. The predicted molar refractivity (Wildman–Crippen MR) is 77.5 cm³/mol. The molecule has 2 aromatic carbocycles. The Balaban J connectivity index is 0.000000141. The third-order valence-corrected chi connectivity index (χ3v) is 3.69. The Morgan fingerprint density at radius 2 is 1.00 bits per heavy atom. The molecule has 24 heavy (non-hydrogen) atoms. The van der Waals surface area contributed by atoms with Gasteiger partial charge in [0, 0.05) is 0 Å². The molecule has 0 bridgehead atoms. The quantitative estimate of drug-likeness (QED) is 0.538. The molecule has 2 aromatic rings. The Kier molecular flexibility index (Phi) is 4.64. The van der Waals surface area contributed by atoms with Crippen LogP contribution in [0, 0.1) is 23.3 Å². The first kappa shape index (κ1) is 17.0. The van der Waals surface area contributed by atoms with E-state index in [0.29, 0.717) is 22.1 Å². The maximum absolute atomic E-state index is 12.6. The van der Waals surface area contributed by atoms with Crippen molar-refractivity contribution in [2.24, 2.45) is 0 Å². The molecule has 4 nitrogen and oxygen atoms in total. The zero-order chi connectivity index (χ0) is 17.4. The highest BCUT2D eigenvalue weighted by molar-refractivity contribution is 6.61. The van der Waals surface area contributed by atoms with Gasteiger partial charge in [-0.1, -0.05) is 0 Å². The summed E-state index contributed by atoms with van der Waals surface area (Å²) in [6.45, 7) is 0.265. The maximum atomic E-state index is 12.6. The highest BCUT2D eigenvalue weighted by Crippen LogP contribution is 2.14. The first-order valence-corrected chi connectivity index (χ1v) is 6.91. The third kappa shape index (κ3) is 3.18. The van der Waals surface area contributed by atoms with Crippen LogP contribution in [0.25, 0.3) is 0 Å². The summed E-state index contributed by atoms with van der Waals surface area (Å²) in [5, 5.41) is 18.2. The van der Waals surface area contributed by atoms with E-state index in [1.165, 1.54) is 0 Å². The first-order chi connectivity index (χ1) is 11.4. The van der Waals surface area contributed by atoms with Crippen molar-refractivity contribution in [3.8, 4) is 0 Å². The molecular formula is C14H10B2F4O4. The second-order valence-corrected chi connectivity index (χ2v) is 5.26. The van der Waals surface area contributed by atoms with Crippen LogP contribution in [0.5, 0.6) is 0 Å². The Labute approximate surface area is 134 Å². The van der Waals surface area contributed by atoms with E-state index in [1.54, 1.807) is 0 Å². The van der Waals surface area contributed by atoms with E-state index in [4.69, 9.17) is 19.4 Å². The van der Waals surface area contributed by atoms with Crippen molar-refractivity contribution in [2.75, 3.05) is 0 Å². The fourth-order valence-electron chi connectivity index (χ4n) is 2.43. The standard InChI is InChI=1S/2C7H5BF2O2/c2*9-6-1-4-3-12-8(11)5(4)2-7(6)10/h2*1-2,11H,3H2. The molecule has 0 fully saturated rings. The van der Waals surface area contributed by atoms with Crippen LogP contribution in [0.2, 0.25) is 0 Å². The number of hydrogen-bond donors (Lipinski definition) is 2. The topological polar surface area (TPSA) is 58.9 Å². The van der Waals surface area contributed by atoms with Gasteiger partial charge in [-0.3, -0.25) is 0 Å². The number of benzene rings is 2. The van der Waals surface area contributed by atoms with Crippen LogP contribution in [-0.2, 0) is 22.5 Å². The molecule has 4 rings (SSSR count). The van der Waals surface area contributed by atoms with E-state index in [9.17, 15) is 17.6 Å². The lowest BCUT2D eigenvalue weighted by molar-refractivity contribution is 0.274. The van der Waals surface area contributed by atoms with Crippen molar-refractivity contribution in [1.29, 1.82) is 0 Å². The highest BCUT2D eigenvalue weighted by Gasteiger charge is 2.29. The summed E-state index contributed by atoms with van der Waals surface area (Å²) in [7, 11) is -2.23. The molecule has 0 aliphatic carbocycles. The fraction of sp³-hybridized carbons (Fsp3) is 0.143. The number of fused-ring (bicyclic) bond motifs is 2.